The van der Waals surface area contributed by atoms with Crippen LogP contribution >= 0.6 is 35.3 Å². The third kappa shape index (κ3) is 8.68. The fraction of sp³-hybridized carbons (Fsp3) is 0.737. The molecule has 168 valence electrons. The second-order valence-electron chi connectivity index (χ2n) is 7.33. The third-order valence-electron chi connectivity index (χ3n) is 5.11. The molecule has 0 amide bonds. The molecule has 2 rings (SSSR count). The van der Waals surface area contributed by atoms with Gasteiger partial charge in [-0.1, -0.05) is 12.8 Å². The zero-order valence-corrected chi connectivity index (χ0v) is 21.6. The van der Waals surface area contributed by atoms with Crippen molar-refractivity contribution in [3.63, 3.8) is 0 Å². The van der Waals surface area contributed by atoms with Crippen LogP contribution in [0.3, 0.4) is 0 Å². The summed E-state index contributed by atoms with van der Waals surface area (Å²) in [4.78, 5) is 5.76. The zero-order chi connectivity index (χ0) is 20.5. The van der Waals surface area contributed by atoms with Crippen molar-refractivity contribution in [3.8, 4) is 0 Å². The van der Waals surface area contributed by atoms with Crippen LogP contribution in [0.4, 0.5) is 0 Å². The van der Waals surface area contributed by atoms with Crippen molar-refractivity contribution in [1.29, 1.82) is 0 Å². The second kappa shape index (κ2) is 13.1. The molecule has 0 saturated heterocycles. The second-order valence-corrected chi connectivity index (χ2v) is 10.6. The Hall–Kier alpha value is -0.430. The summed E-state index contributed by atoms with van der Waals surface area (Å²) in [5, 5.41) is 6.48. The number of sulfonamides is 1. The number of nitrogens with zero attached hydrogens (tertiary/aromatic N) is 1. The van der Waals surface area contributed by atoms with Crippen LogP contribution in [0.25, 0.3) is 0 Å². The molecule has 0 atom stereocenters. The van der Waals surface area contributed by atoms with Gasteiger partial charge in [0.2, 0.25) is 10.0 Å². The largest absolute Gasteiger partial charge is 0.385 e. The van der Waals surface area contributed by atoms with Crippen LogP contribution in [-0.4, -0.2) is 54.3 Å². The summed E-state index contributed by atoms with van der Waals surface area (Å²) < 4.78 is 32.8. The minimum atomic E-state index is -3.44. The van der Waals surface area contributed by atoms with Crippen molar-refractivity contribution in [2.75, 3.05) is 39.9 Å². The Bertz CT molecular complexity index is 732. The van der Waals surface area contributed by atoms with Crippen LogP contribution in [0.5, 0.6) is 0 Å². The van der Waals surface area contributed by atoms with Gasteiger partial charge < -0.3 is 15.4 Å². The standard InChI is InChI=1S/C19H34N4O3S2.HI/c1-4-20-18(22-15-19(11-14-26-3)9-5-6-10-19)21-12-13-23-28(24,25)17-8-7-16(2)27-17;/h7-8,23H,4-6,9-15H2,1-3H3,(H2,20,21,22);1H. The van der Waals surface area contributed by atoms with Crippen LogP contribution in [-0.2, 0) is 14.8 Å². The molecular formula is C19H35IN4O3S2. The Kier molecular flexibility index (Phi) is 12.0. The monoisotopic (exact) mass is 558 g/mol. The summed E-state index contributed by atoms with van der Waals surface area (Å²) in [7, 11) is -1.69. The highest BCUT2D eigenvalue weighted by Crippen LogP contribution is 2.41. The summed E-state index contributed by atoms with van der Waals surface area (Å²) in [6, 6.07) is 3.46. The molecule has 1 aliphatic rings. The van der Waals surface area contributed by atoms with Crippen LogP contribution in [0, 0.1) is 12.3 Å². The lowest BCUT2D eigenvalue weighted by Gasteiger charge is -2.27. The van der Waals surface area contributed by atoms with Gasteiger partial charge in [0.25, 0.3) is 0 Å². The average Bonchev–Trinajstić information content (AvgIpc) is 3.31. The first-order valence-electron chi connectivity index (χ1n) is 9.98. The lowest BCUT2D eigenvalue weighted by Crippen LogP contribution is -2.42. The highest BCUT2D eigenvalue weighted by molar-refractivity contribution is 14.0. The summed E-state index contributed by atoms with van der Waals surface area (Å²) in [5.41, 5.74) is 0.233. The molecule has 7 nitrogen and oxygen atoms in total. The molecule has 0 spiro atoms. The van der Waals surface area contributed by atoms with Crippen molar-refractivity contribution in [2.45, 2.75) is 50.2 Å². The van der Waals surface area contributed by atoms with E-state index in [2.05, 4.69) is 15.4 Å². The fourth-order valence-electron chi connectivity index (χ4n) is 3.51. The molecule has 0 aliphatic heterocycles. The van der Waals surface area contributed by atoms with Gasteiger partial charge >= 0.3 is 0 Å². The highest BCUT2D eigenvalue weighted by Gasteiger charge is 2.33. The smallest absolute Gasteiger partial charge is 0.250 e. The van der Waals surface area contributed by atoms with Crippen LogP contribution in [0.15, 0.2) is 21.3 Å². The Morgan fingerprint density at radius 3 is 2.55 bits per heavy atom. The van der Waals surface area contributed by atoms with E-state index in [-0.39, 0.29) is 29.4 Å². The number of hydrogen-bond donors (Lipinski definition) is 3. The van der Waals surface area contributed by atoms with Gasteiger partial charge in [-0.25, -0.2) is 13.1 Å². The predicted octanol–water partition coefficient (Wildman–Crippen LogP) is 3.10. The first-order chi connectivity index (χ1) is 13.4. The van der Waals surface area contributed by atoms with Crippen molar-refractivity contribution < 1.29 is 13.2 Å². The quantitative estimate of drug-likeness (QED) is 0.168. The summed E-state index contributed by atoms with van der Waals surface area (Å²) in [5.74, 6) is 0.734. The summed E-state index contributed by atoms with van der Waals surface area (Å²) in [6.45, 7) is 6.99. The van der Waals surface area contributed by atoms with Gasteiger partial charge in [-0.3, -0.25) is 4.99 Å². The third-order valence-corrected chi connectivity index (χ3v) is 8.06. The Labute approximate surface area is 196 Å². The molecule has 3 N–H and O–H groups in total. The first-order valence-corrected chi connectivity index (χ1v) is 12.3. The number of halogens is 1. The number of guanidine groups is 1. The number of aryl methyl sites for hydroxylation is 1. The van der Waals surface area contributed by atoms with Gasteiger partial charge in [-0.15, -0.1) is 35.3 Å². The molecule has 1 saturated carbocycles. The molecule has 10 heteroatoms. The fourth-order valence-corrected chi connectivity index (χ4v) is 5.87. The number of ether oxygens (including phenoxy) is 1. The topological polar surface area (TPSA) is 91.8 Å². The lowest BCUT2D eigenvalue weighted by atomic mass is 9.83. The number of rotatable bonds is 11. The van der Waals surface area contributed by atoms with Gasteiger partial charge in [-0.2, -0.15) is 0 Å². The number of thiophene rings is 1. The van der Waals surface area contributed by atoms with E-state index < -0.39 is 10.0 Å². The molecule has 1 fully saturated rings. The van der Waals surface area contributed by atoms with Crippen LogP contribution < -0.4 is 15.4 Å². The number of methoxy groups -OCH3 is 1. The Morgan fingerprint density at radius 2 is 1.97 bits per heavy atom. The van der Waals surface area contributed by atoms with E-state index in [1.807, 2.05) is 19.9 Å². The number of hydrogen-bond acceptors (Lipinski definition) is 5. The molecule has 0 aromatic carbocycles. The Balaban J connectivity index is 0.00000420. The van der Waals surface area contributed by atoms with Crippen molar-refractivity contribution in [1.82, 2.24) is 15.4 Å². The minimum absolute atomic E-state index is 0. The maximum atomic E-state index is 12.3. The molecule has 29 heavy (non-hydrogen) atoms. The SMILES string of the molecule is CCNC(=NCC1(CCOC)CCCC1)NCCNS(=O)(=O)c1ccc(C)s1.I. The van der Waals surface area contributed by atoms with Crippen molar-refractivity contribution in [2.24, 2.45) is 10.4 Å². The van der Waals surface area contributed by atoms with Crippen LogP contribution in [0.2, 0.25) is 0 Å². The van der Waals surface area contributed by atoms with Gasteiger partial charge in [0.05, 0.1) is 0 Å². The number of nitrogens with one attached hydrogen (secondary N) is 3. The molecular weight excluding hydrogens is 523 g/mol. The zero-order valence-electron chi connectivity index (χ0n) is 17.6. The van der Waals surface area contributed by atoms with Crippen molar-refractivity contribution >= 4 is 51.3 Å². The number of aliphatic imine (C=N–C) groups is 1. The van der Waals surface area contributed by atoms with E-state index in [4.69, 9.17) is 9.73 Å². The summed E-state index contributed by atoms with van der Waals surface area (Å²) in [6.07, 6.45) is 5.94. The normalized spacial score (nSPS) is 16.4. The average molecular weight is 559 g/mol. The van der Waals surface area contributed by atoms with E-state index in [1.54, 1.807) is 13.2 Å². The maximum Gasteiger partial charge on any atom is 0.250 e. The van der Waals surface area contributed by atoms with E-state index in [9.17, 15) is 8.42 Å². The Morgan fingerprint density at radius 1 is 1.24 bits per heavy atom. The van der Waals surface area contributed by atoms with E-state index in [0.29, 0.717) is 17.3 Å². The predicted molar refractivity (Wildman–Crippen MR) is 131 cm³/mol. The first kappa shape index (κ1) is 26.6. The molecule has 0 unspecified atom stereocenters. The summed E-state index contributed by atoms with van der Waals surface area (Å²) >= 11 is 1.28. The molecule has 1 aliphatic carbocycles. The van der Waals surface area contributed by atoms with E-state index in [1.165, 1.54) is 37.0 Å². The minimum Gasteiger partial charge on any atom is -0.385 e. The van der Waals surface area contributed by atoms with Gasteiger partial charge in [0, 0.05) is 44.8 Å². The molecule has 1 aromatic rings. The van der Waals surface area contributed by atoms with Crippen LogP contribution in [0.1, 0.15) is 43.9 Å². The molecule has 0 radical (unpaired) electrons. The van der Waals surface area contributed by atoms with Gasteiger partial charge in [-0.05, 0) is 50.7 Å². The molecule has 1 aromatic heterocycles. The lowest BCUT2D eigenvalue weighted by molar-refractivity contribution is 0.141. The van der Waals surface area contributed by atoms with Gasteiger partial charge in [0.1, 0.15) is 4.21 Å². The highest BCUT2D eigenvalue weighted by atomic mass is 127. The van der Waals surface area contributed by atoms with Gasteiger partial charge in [0.15, 0.2) is 5.96 Å². The van der Waals surface area contributed by atoms with E-state index >= 15 is 0 Å². The van der Waals surface area contributed by atoms with Crippen molar-refractivity contribution in [3.05, 3.63) is 17.0 Å². The maximum absolute atomic E-state index is 12.3. The molecule has 1 heterocycles. The molecule has 0 bridgehead atoms. The van der Waals surface area contributed by atoms with E-state index in [0.717, 1.165) is 37.0 Å².